The van der Waals surface area contributed by atoms with Crippen LogP contribution in [0.1, 0.15) is 16.5 Å². The van der Waals surface area contributed by atoms with E-state index >= 15 is 0 Å². The molecular formula is C18H23N3O2S. The molecule has 1 aromatic heterocycles. The third kappa shape index (κ3) is 3.88. The highest BCUT2D eigenvalue weighted by atomic mass is 32.1. The number of carbonyl (C=O) groups is 1. The number of hydrogen-bond donors (Lipinski definition) is 1. The van der Waals surface area contributed by atoms with Crippen molar-refractivity contribution < 1.29 is 9.53 Å². The van der Waals surface area contributed by atoms with E-state index in [1.807, 2.05) is 49.3 Å². The monoisotopic (exact) mass is 345 g/mol. The Morgan fingerprint density at radius 2 is 2.17 bits per heavy atom. The van der Waals surface area contributed by atoms with Crippen LogP contribution in [0.2, 0.25) is 0 Å². The summed E-state index contributed by atoms with van der Waals surface area (Å²) in [6.07, 6.45) is 0. The van der Waals surface area contributed by atoms with E-state index in [0.717, 1.165) is 11.3 Å². The van der Waals surface area contributed by atoms with Crippen LogP contribution < -0.4 is 10.1 Å². The van der Waals surface area contributed by atoms with Crippen LogP contribution >= 0.6 is 11.3 Å². The predicted molar refractivity (Wildman–Crippen MR) is 96.5 cm³/mol. The molecule has 0 saturated carbocycles. The number of nitrogens with one attached hydrogen (secondary N) is 1. The van der Waals surface area contributed by atoms with Crippen LogP contribution in [0.4, 0.5) is 4.79 Å². The number of hydrogen-bond acceptors (Lipinski definition) is 4. The van der Waals surface area contributed by atoms with Gasteiger partial charge in [0.25, 0.3) is 0 Å². The Labute approximate surface area is 146 Å². The average Bonchev–Trinajstić information content (AvgIpc) is 3.00. The topological polar surface area (TPSA) is 44.8 Å². The van der Waals surface area contributed by atoms with Crippen molar-refractivity contribution in [3.05, 3.63) is 52.2 Å². The first-order valence-electron chi connectivity index (χ1n) is 8.08. The quantitative estimate of drug-likeness (QED) is 0.927. The van der Waals surface area contributed by atoms with Gasteiger partial charge in [0.1, 0.15) is 12.4 Å². The number of para-hydroxylation sites is 1. The van der Waals surface area contributed by atoms with Crippen molar-refractivity contribution in [2.45, 2.75) is 12.6 Å². The molecule has 2 heterocycles. The van der Waals surface area contributed by atoms with Crippen LogP contribution in [0, 0.1) is 0 Å². The second kappa shape index (κ2) is 7.68. The van der Waals surface area contributed by atoms with Crippen molar-refractivity contribution >= 4 is 17.4 Å². The van der Waals surface area contributed by atoms with Gasteiger partial charge in [-0.2, -0.15) is 0 Å². The Morgan fingerprint density at radius 3 is 2.92 bits per heavy atom. The fraction of sp³-hybridized carbons (Fsp3) is 0.389. The van der Waals surface area contributed by atoms with Gasteiger partial charge in [0, 0.05) is 17.0 Å². The largest absolute Gasteiger partial charge is 0.491 e. The zero-order valence-corrected chi connectivity index (χ0v) is 14.9. The number of rotatable bonds is 4. The summed E-state index contributed by atoms with van der Waals surface area (Å²) in [4.78, 5) is 17.8. The van der Waals surface area contributed by atoms with Gasteiger partial charge in [-0.15, -0.1) is 11.3 Å². The standard InChI is InChI=1S/C18H23N3O2S/c1-20(2)15(17-8-5-11-24-17)12-19-18(22)21-9-10-23-16-7-4-3-6-14(16)13-21/h3-8,11,15H,9-10,12-13H2,1-2H3,(H,19,22). The number of carbonyl (C=O) groups excluding carboxylic acids is 1. The van der Waals surface area contributed by atoms with Gasteiger partial charge in [0.2, 0.25) is 0 Å². The number of ether oxygens (including phenoxy) is 1. The molecule has 0 bridgehead atoms. The highest BCUT2D eigenvalue weighted by Crippen LogP contribution is 2.24. The SMILES string of the molecule is CN(C)C(CNC(=O)N1CCOc2ccccc2C1)c1cccs1. The Bertz CT molecular complexity index is 673. The number of fused-ring (bicyclic) bond motifs is 1. The van der Waals surface area contributed by atoms with E-state index in [2.05, 4.69) is 21.7 Å². The van der Waals surface area contributed by atoms with E-state index in [1.165, 1.54) is 4.88 Å². The Balaban J connectivity index is 1.62. The van der Waals surface area contributed by atoms with Crippen LogP contribution in [0.5, 0.6) is 5.75 Å². The molecule has 5 nitrogen and oxygen atoms in total. The minimum atomic E-state index is -0.0429. The summed E-state index contributed by atoms with van der Waals surface area (Å²) >= 11 is 1.71. The first kappa shape index (κ1) is 16.8. The molecule has 0 aliphatic carbocycles. The van der Waals surface area contributed by atoms with Gasteiger partial charge in [-0.1, -0.05) is 24.3 Å². The van der Waals surface area contributed by atoms with Crippen molar-refractivity contribution in [3.63, 3.8) is 0 Å². The molecular weight excluding hydrogens is 322 g/mol. The molecule has 1 N–H and O–H groups in total. The van der Waals surface area contributed by atoms with Gasteiger partial charge < -0.3 is 19.9 Å². The number of likely N-dealkylation sites (N-methyl/N-ethyl adjacent to an activating group) is 1. The number of nitrogens with zero attached hydrogens (tertiary/aromatic N) is 2. The minimum absolute atomic E-state index is 0.0429. The van der Waals surface area contributed by atoms with E-state index in [-0.39, 0.29) is 12.1 Å². The van der Waals surface area contributed by atoms with Crippen molar-refractivity contribution in [2.24, 2.45) is 0 Å². The highest BCUT2D eigenvalue weighted by molar-refractivity contribution is 7.10. The van der Waals surface area contributed by atoms with Crippen molar-refractivity contribution in [3.8, 4) is 5.75 Å². The lowest BCUT2D eigenvalue weighted by Gasteiger charge is -2.26. The van der Waals surface area contributed by atoms with Crippen LogP contribution in [-0.2, 0) is 6.54 Å². The summed E-state index contributed by atoms with van der Waals surface area (Å²) < 4.78 is 5.72. The zero-order valence-electron chi connectivity index (χ0n) is 14.1. The first-order chi connectivity index (χ1) is 11.6. The average molecular weight is 345 g/mol. The second-order valence-electron chi connectivity index (χ2n) is 6.06. The van der Waals surface area contributed by atoms with E-state index in [9.17, 15) is 4.79 Å². The van der Waals surface area contributed by atoms with E-state index in [0.29, 0.717) is 26.2 Å². The molecule has 0 saturated heterocycles. The molecule has 1 atom stereocenters. The summed E-state index contributed by atoms with van der Waals surface area (Å²) in [6, 6.07) is 12.2. The molecule has 128 valence electrons. The summed E-state index contributed by atoms with van der Waals surface area (Å²) in [5.41, 5.74) is 1.05. The molecule has 0 fully saturated rings. The van der Waals surface area contributed by atoms with E-state index in [1.54, 1.807) is 11.3 Å². The molecule has 2 aromatic rings. The number of benzene rings is 1. The molecule has 1 aliphatic rings. The van der Waals surface area contributed by atoms with E-state index in [4.69, 9.17) is 4.74 Å². The number of thiophene rings is 1. The van der Waals surface area contributed by atoms with Gasteiger partial charge in [-0.05, 0) is 31.6 Å². The molecule has 3 rings (SSSR count). The number of urea groups is 1. The summed E-state index contributed by atoms with van der Waals surface area (Å²) in [5.74, 6) is 0.873. The van der Waals surface area contributed by atoms with E-state index < -0.39 is 0 Å². The third-order valence-electron chi connectivity index (χ3n) is 4.18. The Kier molecular flexibility index (Phi) is 5.37. The fourth-order valence-electron chi connectivity index (χ4n) is 2.81. The van der Waals surface area contributed by atoms with Crippen LogP contribution in [0.15, 0.2) is 41.8 Å². The van der Waals surface area contributed by atoms with Crippen LogP contribution in [0.3, 0.4) is 0 Å². The van der Waals surface area contributed by atoms with Gasteiger partial charge in [-0.25, -0.2) is 4.79 Å². The maximum atomic E-state index is 12.6. The predicted octanol–water partition coefficient (Wildman–Crippen LogP) is 2.96. The summed E-state index contributed by atoms with van der Waals surface area (Å²) in [6.45, 7) is 2.28. The Hall–Kier alpha value is -2.05. The van der Waals surface area contributed by atoms with Crippen LogP contribution in [0.25, 0.3) is 0 Å². The summed E-state index contributed by atoms with van der Waals surface area (Å²) in [7, 11) is 4.07. The third-order valence-corrected chi connectivity index (χ3v) is 5.15. The normalized spacial score (nSPS) is 15.4. The van der Waals surface area contributed by atoms with Gasteiger partial charge in [-0.3, -0.25) is 0 Å². The molecule has 1 aliphatic heterocycles. The van der Waals surface area contributed by atoms with Crippen molar-refractivity contribution in [1.29, 1.82) is 0 Å². The Morgan fingerprint density at radius 1 is 1.33 bits per heavy atom. The molecule has 1 aromatic carbocycles. The van der Waals surface area contributed by atoms with Gasteiger partial charge >= 0.3 is 6.03 Å². The lowest BCUT2D eigenvalue weighted by atomic mass is 10.2. The fourth-order valence-corrected chi connectivity index (χ4v) is 3.74. The molecule has 24 heavy (non-hydrogen) atoms. The lowest BCUT2D eigenvalue weighted by Crippen LogP contribution is -2.43. The smallest absolute Gasteiger partial charge is 0.317 e. The zero-order chi connectivity index (χ0) is 16.9. The molecule has 2 amide bonds. The maximum absolute atomic E-state index is 12.6. The molecule has 0 radical (unpaired) electrons. The molecule has 6 heteroatoms. The van der Waals surface area contributed by atoms with Crippen molar-refractivity contribution in [2.75, 3.05) is 33.8 Å². The molecule has 0 spiro atoms. The number of amides is 2. The lowest BCUT2D eigenvalue weighted by molar-refractivity contribution is 0.183. The van der Waals surface area contributed by atoms with Crippen molar-refractivity contribution in [1.82, 2.24) is 15.1 Å². The summed E-state index contributed by atoms with van der Waals surface area (Å²) in [5, 5.41) is 5.14. The van der Waals surface area contributed by atoms with Crippen LogP contribution in [-0.4, -0.2) is 49.6 Å². The first-order valence-corrected chi connectivity index (χ1v) is 8.96. The van der Waals surface area contributed by atoms with Gasteiger partial charge in [0.05, 0.1) is 19.1 Å². The minimum Gasteiger partial charge on any atom is -0.491 e. The molecule has 1 unspecified atom stereocenters. The second-order valence-corrected chi connectivity index (χ2v) is 7.04. The maximum Gasteiger partial charge on any atom is 0.317 e. The highest BCUT2D eigenvalue weighted by Gasteiger charge is 2.21. The van der Waals surface area contributed by atoms with Gasteiger partial charge in [0.15, 0.2) is 0 Å².